The van der Waals surface area contributed by atoms with Crippen molar-refractivity contribution >= 4 is 17.7 Å². The number of hydroxylamine groups is 2. The number of carbonyl (C=O) groups excluding carboxylic acids is 1. The van der Waals surface area contributed by atoms with Crippen LogP contribution in [0.3, 0.4) is 0 Å². The number of rotatable bonds is 4. The Morgan fingerprint density at radius 3 is 3.08 bits per heavy atom. The molecule has 1 saturated heterocycles. The topological polar surface area (TPSA) is 55.6 Å². The van der Waals surface area contributed by atoms with E-state index < -0.39 is 6.04 Å². The summed E-state index contributed by atoms with van der Waals surface area (Å²) in [7, 11) is 0. The maximum Gasteiger partial charge on any atom is 0.263 e. The quantitative estimate of drug-likeness (QED) is 0.712. The summed E-state index contributed by atoms with van der Waals surface area (Å²) in [6.07, 6.45) is 3.64. The Bertz CT molecular complexity index is 172. The summed E-state index contributed by atoms with van der Waals surface area (Å²) < 4.78 is 0. The molecule has 0 spiro atoms. The van der Waals surface area contributed by atoms with Crippen molar-refractivity contribution in [2.75, 3.05) is 25.2 Å². The summed E-state index contributed by atoms with van der Waals surface area (Å²) in [5.41, 5.74) is 5.70. The first-order valence-electron chi connectivity index (χ1n) is 4.44. The van der Waals surface area contributed by atoms with Crippen LogP contribution in [0.15, 0.2) is 0 Å². The highest BCUT2D eigenvalue weighted by Crippen LogP contribution is 2.08. The van der Waals surface area contributed by atoms with Crippen molar-refractivity contribution in [2.45, 2.75) is 18.9 Å². The zero-order chi connectivity index (χ0) is 9.68. The average molecular weight is 204 g/mol. The van der Waals surface area contributed by atoms with Gasteiger partial charge < -0.3 is 5.73 Å². The second kappa shape index (κ2) is 5.47. The molecular formula is C8H16N2O2S. The number of nitrogens with zero attached hydrogens (tertiary/aromatic N) is 1. The lowest BCUT2D eigenvalue weighted by Gasteiger charge is -2.18. The molecule has 4 nitrogen and oxygen atoms in total. The lowest BCUT2D eigenvalue weighted by Crippen LogP contribution is -2.42. The van der Waals surface area contributed by atoms with Crippen molar-refractivity contribution in [3.05, 3.63) is 0 Å². The van der Waals surface area contributed by atoms with E-state index in [2.05, 4.69) is 0 Å². The van der Waals surface area contributed by atoms with E-state index in [1.807, 2.05) is 6.26 Å². The highest BCUT2D eigenvalue weighted by Gasteiger charge is 2.24. The molecule has 76 valence electrons. The van der Waals surface area contributed by atoms with Crippen molar-refractivity contribution in [1.29, 1.82) is 0 Å². The molecule has 13 heavy (non-hydrogen) atoms. The smallest absolute Gasteiger partial charge is 0.263 e. The van der Waals surface area contributed by atoms with Gasteiger partial charge in [-0.15, -0.1) is 0 Å². The summed E-state index contributed by atoms with van der Waals surface area (Å²) in [5, 5.41) is 1.39. The molecule has 0 aromatic heterocycles. The third kappa shape index (κ3) is 3.17. The number of carbonyl (C=O) groups is 1. The Morgan fingerprint density at radius 1 is 1.77 bits per heavy atom. The number of hydrogen-bond donors (Lipinski definition) is 1. The van der Waals surface area contributed by atoms with Crippen molar-refractivity contribution < 1.29 is 9.63 Å². The van der Waals surface area contributed by atoms with Gasteiger partial charge in [0.25, 0.3) is 5.91 Å². The molecule has 1 amide bonds. The molecular weight excluding hydrogens is 188 g/mol. The Morgan fingerprint density at radius 2 is 2.54 bits per heavy atom. The lowest BCUT2D eigenvalue weighted by atomic mass is 10.2. The highest BCUT2D eigenvalue weighted by atomic mass is 32.2. The van der Waals surface area contributed by atoms with E-state index >= 15 is 0 Å². The Kier molecular flexibility index (Phi) is 4.55. The Labute approximate surface area is 82.7 Å². The number of thioether (sulfide) groups is 1. The molecule has 1 aliphatic rings. The van der Waals surface area contributed by atoms with Gasteiger partial charge in [0.05, 0.1) is 19.2 Å². The van der Waals surface area contributed by atoms with Gasteiger partial charge in [-0.05, 0) is 24.9 Å². The van der Waals surface area contributed by atoms with Gasteiger partial charge in [-0.2, -0.15) is 11.8 Å². The summed E-state index contributed by atoms with van der Waals surface area (Å²) >= 11 is 1.70. The first-order valence-corrected chi connectivity index (χ1v) is 5.84. The maximum atomic E-state index is 11.5. The first kappa shape index (κ1) is 10.8. The van der Waals surface area contributed by atoms with Crippen LogP contribution in [0, 0.1) is 0 Å². The van der Waals surface area contributed by atoms with Crippen LogP contribution in [0.4, 0.5) is 0 Å². The monoisotopic (exact) mass is 204 g/mol. The van der Waals surface area contributed by atoms with Gasteiger partial charge in [-0.25, -0.2) is 5.06 Å². The molecule has 1 heterocycles. The summed E-state index contributed by atoms with van der Waals surface area (Å²) in [4.78, 5) is 16.6. The standard InChI is InChI=1S/C8H16N2O2S/c1-13-6-3-7(9)8(11)10-4-2-5-12-10/h7H,2-6,9H2,1H3/t7-/m1/s1. The Balaban J connectivity index is 2.28. The van der Waals surface area contributed by atoms with E-state index in [4.69, 9.17) is 10.6 Å². The molecule has 1 fully saturated rings. The molecule has 1 aliphatic heterocycles. The van der Waals surface area contributed by atoms with E-state index in [9.17, 15) is 4.79 Å². The minimum absolute atomic E-state index is 0.0773. The van der Waals surface area contributed by atoms with Crippen molar-refractivity contribution in [3.8, 4) is 0 Å². The van der Waals surface area contributed by atoms with Crippen LogP contribution in [-0.2, 0) is 9.63 Å². The summed E-state index contributed by atoms with van der Waals surface area (Å²) in [6.45, 7) is 1.33. The SMILES string of the molecule is CSCC[C@@H](N)C(=O)N1CCCO1. The highest BCUT2D eigenvalue weighted by molar-refractivity contribution is 7.98. The van der Waals surface area contributed by atoms with Crippen LogP contribution in [0.25, 0.3) is 0 Å². The summed E-state index contributed by atoms with van der Waals surface area (Å²) in [6, 6.07) is -0.398. The number of hydrogen-bond acceptors (Lipinski definition) is 4. The minimum atomic E-state index is -0.398. The molecule has 0 radical (unpaired) electrons. The van der Waals surface area contributed by atoms with Crippen LogP contribution in [0.2, 0.25) is 0 Å². The third-order valence-corrected chi connectivity index (χ3v) is 2.59. The molecule has 0 unspecified atom stereocenters. The van der Waals surface area contributed by atoms with E-state index in [1.54, 1.807) is 11.8 Å². The van der Waals surface area contributed by atoms with Crippen LogP contribution in [0.1, 0.15) is 12.8 Å². The molecule has 0 aromatic carbocycles. The van der Waals surface area contributed by atoms with Crippen molar-refractivity contribution in [2.24, 2.45) is 5.73 Å². The van der Waals surface area contributed by atoms with Gasteiger partial charge in [0.2, 0.25) is 0 Å². The first-order chi connectivity index (χ1) is 6.25. The fourth-order valence-corrected chi connectivity index (χ4v) is 1.66. The van der Waals surface area contributed by atoms with E-state index in [0.29, 0.717) is 13.2 Å². The molecule has 0 bridgehead atoms. The van der Waals surface area contributed by atoms with Gasteiger partial charge in [0.1, 0.15) is 0 Å². The zero-order valence-corrected chi connectivity index (χ0v) is 8.68. The maximum absolute atomic E-state index is 11.5. The largest absolute Gasteiger partial charge is 0.320 e. The second-order valence-corrected chi connectivity index (χ2v) is 4.00. The van der Waals surface area contributed by atoms with Gasteiger partial charge in [0, 0.05) is 0 Å². The number of amides is 1. The van der Waals surface area contributed by atoms with Crippen molar-refractivity contribution in [3.63, 3.8) is 0 Å². The number of nitrogens with two attached hydrogens (primary N) is 1. The van der Waals surface area contributed by atoms with Crippen LogP contribution < -0.4 is 5.73 Å². The fourth-order valence-electron chi connectivity index (χ4n) is 1.17. The molecule has 5 heteroatoms. The lowest BCUT2D eigenvalue weighted by molar-refractivity contribution is -0.170. The van der Waals surface area contributed by atoms with Crippen LogP contribution in [-0.4, -0.2) is 42.2 Å². The molecule has 1 rings (SSSR count). The molecule has 0 saturated carbocycles. The molecule has 1 atom stereocenters. The van der Waals surface area contributed by atoms with Gasteiger partial charge in [-0.1, -0.05) is 0 Å². The van der Waals surface area contributed by atoms with Crippen LogP contribution >= 0.6 is 11.8 Å². The third-order valence-electron chi connectivity index (χ3n) is 1.95. The molecule has 2 N–H and O–H groups in total. The normalized spacial score (nSPS) is 19.1. The van der Waals surface area contributed by atoms with Gasteiger partial charge in [-0.3, -0.25) is 9.63 Å². The Hall–Kier alpha value is -0.260. The predicted octanol–water partition coefficient (Wildman–Crippen LogP) is 0.231. The fraction of sp³-hybridized carbons (Fsp3) is 0.875. The van der Waals surface area contributed by atoms with Crippen molar-refractivity contribution in [1.82, 2.24) is 5.06 Å². The molecule has 0 aromatic rings. The van der Waals surface area contributed by atoms with Gasteiger partial charge >= 0.3 is 0 Å². The van der Waals surface area contributed by atoms with E-state index in [-0.39, 0.29) is 5.91 Å². The predicted molar refractivity (Wildman–Crippen MR) is 53.3 cm³/mol. The minimum Gasteiger partial charge on any atom is -0.320 e. The van der Waals surface area contributed by atoms with E-state index in [1.165, 1.54) is 5.06 Å². The van der Waals surface area contributed by atoms with Gasteiger partial charge in [0.15, 0.2) is 0 Å². The molecule has 0 aliphatic carbocycles. The second-order valence-electron chi connectivity index (χ2n) is 3.02. The summed E-state index contributed by atoms with van der Waals surface area (Å²) in [5.74, 6) is 0.840. The van der Waals surface area contributed by atoms with E-state index in [0.717, 1.165) is 18.6 Å². The zero-order valence-electron chi connectivity index (χ0n) is 7.86. The average Bonchev–Trinajstić information content (AvgIpc) is 2.65. The van der Waals surface area contributed by atoms with Crippen LogP contribution in [0.5, 0.6) is 0 Å².